The highest BCUT2D eigenvalue weighted by Crippen LogP contribution is 2.24. The summed E-state index contributed by atoms with van der Waals surface area (Å²) in [5, 5.41) is 6.51. The van der Waals surface area contributed by atoms with Crippen LogP contribution in [0.2, 0.25) is 0 Å². The Kier molecular flexibility index (Phi) is 5.61. The first-order valence-electron chi connectivity index (χ1n) is 5.57. The summed E-state index contributed by atoms with van der Waals surface area (Å²) in [5.74, 6) is 0. The van der Waals surface area contributed by atoms with Crippen LogP contribution in [0.4, 0.5) is 17.1 Å². The zero-order valence-corrected chi connectivity index (χ0v) is 10.3. The standard InChI is InChI=1S/C13H14N2.CH5N/c1-14-12-9-5-6-10-13(12)15-11-7-3-2-4-8-11;1-2/h2-10,14-15H,1H3;2H2,1H3. The zero-order chi connectivity index (χ0) is 12.5. The van der Waals surface area contributed by atoms with Crippen molar-refractivity contribution >= 4 is 17.1 Å². The van der Waals surface area contributed by atoms with E-state index in [1.807, 2.05) is 55.6 Å². The topological polar surface area (TPSA) is 50.1 Å². The molecule has 0 unspecified atom stereocenters. The van der Waals surface area contributed by atoms with Gasteiger partial charge in [-0.2, -0.15) is 0 Å². The van der Waals surface area contributed by atoms with Crippen LogP contribution in [-0.2, 0) is 0 Å². The van der Waals surface area contributed by atoms with E-state index < -0.39 is 0 Å². The van der Waals surface area contributed by atoms with Crippen LogP contribution in [0.1, 0.15) is 0 Å². The van der Waals surface area contributed by atoms with Gasteiger partial charge in [0.25, 0.3) is 0 Å². The molecule has 2 aromatic carbocycles. The number of nitrogens with one attached hydrogen (secondary N) is 2. The highest BCUT2D eigenvalue weighted by molar-refractivity contribution is 5.73. The molecule has 2 aromatic rings. The van der Waals surface area contributed by atoms with Crippen molar-refractivity contribution in [3.8, 4) is 0 Å². The first-order chi connectivity index (χ1) is 8.40. The molecule has 0 saturated heterocycles. The molecule has 0 aliphatic carbocycles. The lowest BCUT2D eigenvalue weighted by atomic mass is 10.2. The van der Waals surface area contributed by atoms with Gasteiger partial charge < -0.3 is 16.4 Å². The maximum Gasteiger partial charge on any atom is 0.0619 e. The minimum Gasteiger partial charge on any atom is -0.386 e. The highest BCUT2D eigenvalue weighted by Gasteiger charge is 1.98. The molecule has 0 amide bonds. The Morgan fingerprint density at radius 2 is 1.29 bits per heavy atom. The molecule has 0 bridgehead atoms. The Labute approximate surface area is 103 Å². The summed E-state index contributed by atoms with van der Waals surface area (Å²) in [6.45, 7) is 0. The van der Waals surface area contributed by atoms with Crippen LogP contribution in [0.25, 0.3) is 0 Å². The molecule has 17 heavy (non-hydrogen) atoms. The molecular weight excluding hydrogens is 210 g/mol. The number of anilines is 3. The summed E-state index contributed by atoms with van der Waals surface area (Å²) in [6, 6.07) is 18.3. The van der Waals surface area contributed by atoms with Crippen LogP contribution in [0.15, 0.2) is 54.6 Å². The van der Waals surface area contributed by atoms with Crippen molar-refractivity contribution in [1.29, 1.82) is 0 Å². The lowest BCUT2D eigenvalue weighted by Crippen LogP contribution is -1.96. The van der Waals surface area contributed by atoms with Crippen molar-refractivity contribution < 1.29 is 0 Å². The van der Waals surface area contributed by atoms with Crippen molar-refractivity contribution in [2.75, 3.05) is 24.7 Å². The first kappa shape index (κ1) is 13.1. The van der Waals surface area contributed by atoms with Crippen molar-refractivity contribution in [3.63, 3.8) is 0 Å². The Morgan fingerprint density at radius 3 is 1.88 bits per heavy atom. The van der Waals surface area contributed by atoms with Gasteiger partial charge in [-0.15, -0.1) is 0 Å². The second-order valence-electron chi connectivity index (χ2n) is 3.29. The lowest BCUT2D eigenvalue weighted by molar-refractivity contribution is 1.48. The quantitative estimate of drug-likeness (QED) is 0.758. The predicted octanol–water partition coefficient (Wildman–Crippen LogP) is 3.05. The Hall–Kier alpha value is -2.00. The minimum atomic E-state index is 1.09. The Balaban J connectivity index is 0.000000686. The summed E-state index contributed by atoms with van der Waals surface area (Å²) >= 11 is 0. The molecule has 3 heteroatoms. The van der Waals surface area contributed by atoms with Crippen molar-refractivity contribution in [2.45, 2.75) is 0 Å². The predicted molar refractivity (Wildman–Crippen MR) is 75.8 cm³/mol. The molecule has 3 nitrogen and oxygen atoms in total. The molecule has 0 spiro atoms. The molecule has 0 heterocycles. The van der Waals surface area contributed by atoms with Crippen molar-refractivity contribution in [2.24, 2.45) is 5.73 Å². The molecule has 0 aliphatic rings. The van der Waals surface area contributed by atoms with Gasteiger partial charge in [0.05, 0.1) is 11.4 Å². The molecule has 2 rings (SSSR count). The van der Waals surface area contributed by atoms with Crippen molar-refractivity contribution in [3.05, 3.63) is 54.6 Å². The van der Waals surface area contributed by atoms with E-state index in [4.69, 9.17) is 0 Å². The van der Waals surface area contributed by atoms with E-state index in [0.717, 1.165) is 17.1 Å². The smallest absolute Gasteiger partial charge is 0.0619 e. The summed E-state index contributed by atoms with van der Waals surface area (Å²) in [4.78, 5) is 0. The number of hydrogen-bond acceptors (Lipinski definition) is 3. The molecule has 0 aromatic heterocycles. The Bertz CT molecular complexity index is 426. The summed E-state index contributed by atoms with van der Waals surface area (Å²) in [5.41, 5.74) is 7.78. The van der Waals surface area contributed by atoms with E-state index in [-0.39, 0.29) is 0 Å². The van der Waals surface area contributed by atoms with Gasteiger partial charge in [-0.1, -0.05) is 30.3 Å². The zero-order valence-electron chi connectivity index (χ0n) is 10.3. The third kappa shape index (κ3) is 3.81. The third-order valence-electron chi connectivity index (χ3n) is 2.25. The average molecular weight is 229 g/mol. The van der Waals surface area contributed by atoms with Gasteiger partial charge in [0.1, 0.15) is 0 Å². The van der Waals surface area contributed by atoms with E-state index in [0.29, 0.717) is 0 Å². The van der Waals surface area contributed by atoms with E-state index >= 15 is 0 Å². The third-order valence-corrected chi connectivity index (χ3v) is 2.25. The van der Waals surface area contributed by atoms with Crippen molar-refractivity contribution in [1.82, 2.24) is 0 Å². The summed E-state index contributed by atoms with van der Waals surface area (Å²) in [6.07, 6.45) is 0. The maximum absolute atomic E-state index is 4.50. The Morgan fingerprint density at radius 1 is 0.765 bits per heavy atom. The number of rotatable bonds is 3. The van der Waals surface area contributed by atoms with E-state index in [1.54, 1.807) is 0 Å². The van der Waals surface area contributed by atoms with Crippen LogP contribution in [0.3, 0.4) is 0 Å². The lowest BCUT2D eigenvalue weighted by Gasteiger charge is -2.11. The fourth-order valence-electron chi connectivity index (χ4n) is 1.49. The second kappa shape index (κ2) is 7.30. The van der Waals surface area contributed by atoms with E-state index in [9.17, 15) is 0 Å². The molecular formula is C14H19N3. The molecule has 4 N–H and O–H groups in total. The number of hydrogen-bond donors (Lipinski definition) is 3. The summed E-state index contributed by atoms with van der Waals surface area (Å²) < 4.78 is 0. The van der Waals surface area contributed by atoms with Gasteiger partial charge in [-0.3, -0.25) is 0 Å². The van der Waals surface area contributed by atoms with Crippen LogP contribution >= 0.6 is 0 Å². The SMILES string of the molecule is CN.CNc1ccccc1Nc1ccccc1. The fraction of sp³-hybridized carbons (Fsp3) is 0.143. The monoisotopic (exact) mass is 229 g/mol. The van der Waals surface area contributed by atoms with Gasteiger partial charge >= 0.3 is 0 Å². The molecule has 0 fully saturated rings. The molecule has 0 saturated carbocycles. The van der Waals surface area contributed by atoms with E-state index in [1.165, 1.54) is 7.05 Å². The summed E-state index contributed by atoms with van der Waals surface area (Å²) in [7, 11) is 3.42. The largest absolute Gasteiger partial charge is 0.386 e. The van der Waals surface area contributed by atoms with Gasteiger partial charge in [0, 0.05) is 12.7 Å². The molecule has 0 atom stereocenters. The normalized spacial score (nSPS) is 8.88. The van der Waals surface area contributed by atoms with Gasteiger partial charge in [0.2, 0.25) is 0 Å². The minimum absolute atomic E-state index is 1.09. The fourth-order valence-corrected chi connectivity index (χ4v) is 1.49. The highest BCUT2D eigenvalue weighted by atomic mass is 14.9. The number of nitrogens with two attached hydrogens (primary N) is 1. The molecule has 0 radical (unpaired) electrons. The second-order valence-corrected chi connectivity index (χ2v) is 3.29. The number of benzene rings is 2. The van der Waals surface area contributed by atoms with Gasteiger partial charge in [0.15, 0.2) is 0 Å². The van der Waals surface area contributed by atoms with Gasteiger partial charge in [-0.25, -0.2) is 0 Å². The van der Waals surface area contributed by atoms with Gasteiger partial charge in [-0.05, 0) is 31.3 Å². The van der Waals surface area contributed by atoms with Crippen LogP contribution in [0, 0.1) is 0 Å². The maximum atomic E-state index is 4.50. The molecule has 0 aliphatic heterocycles. The van der Waals surface area contributed by atoms with Crippen LogP contribution in [0.5, 0.6) is 0 Å². The van der Waals surface area contributed by atoms with Crippen LogP contribution in [-0.4, -0.2) is 14.1 Å². The number of para-hydroxylation sites is 3. The molecule has 90 valence electrons. The van der Waals surface area contributed by atoms with Crippen LogP contribution < -0.4 is 16.4 Å². The average Bonchev–Trinajstić information content (AvgIpc) is 2.43. The van der Waals surface area contributed by atoms with E-state index in [2.05, 4.69) is 22.4 Å². The first-order valence-corrected chi connectivity index (χ1v) is 5.57.